The average molecular weight is 630 g/mol. The van der Waals surface area contributed by atoms with E-state index in [0.717, 1.165) is 24.6 Å². The highest BCUT2D eigenvalue weighted by molar-refractivity contribution is 6.36. The van der Waals surface area contributed by atoms with Gasteiger partial charge in [0.15, 0.2) is 11.6 Å². The number of carbonyl (C=O) groups excluding carboxylic acids is 5. The van der Waals surface area contributed by atoms with Crippen molar-refractivity contribution < 1.29 is 28.7 Å². The van der Waals surface area contributed by atoms with Crippen molar-refractivity contribution in [3.8, 4) is 0 Å². The molecular formula is C37H47N3O6. The van der Waals surface area contributed by atoms with Crippen molar-refractivity contribution in [3.05, 3.63) is 42.1 Å². The number of amides is 2. The first kappa shape index (κ1) is 32.5. The molecule has 9 heteroatoms. The maximum absolute atomic E-state index is 14.7. The van der Waals surface area contributed by atoms with Crippen LogP contribution in [0.1, 0.15) is 90.1 Å². The number of benzene rings is 1. The second kappa shape index (κ2) is 11.4. The molecule has 246 valence electrons. The highest BCUT2D eigenvalue weighted by Crippen LogP contribution is 2.84. The minimum absolute atomic E-state index is 0.0415. The summed E-state index contributed by atoms with van der Waals surface area (Å²) in [7, 11) is 0. The number of ketones is 3. The fourth-order valence-electron chi connectivity index (χ4n) is 8.90. The van der Waals surface area contributed by atoms with Crippen LogP contribution in [-0.4, -0.2) is 64.8 Å². The lowest BCUT2D eigenvalue weighted by atomic mass is 9.75. The van der Waals surface area contributed by atoms with E-state index in [4.69, 9.17) is 10.5 Å². The Morgan fingerprint density at radius 1 is 1.00 bits per heavy atom. The highest BCUT2D eigenvalue weighted by Gasteiger charge is 2.86. The predicted octanol–water partition coefficient (Wildman–Crippen LogP) is 4.93. The van der Waals surface area contributed by atoms with Crippen molar-refractivity contribution >= 4 is 40.1 Å². The molecule has 6 rings (SSSR count). The van der Waals surface area contributed by atoms with Gasteiger partial charge in [-0.1, -0.05) is 78.1 Å². The van der Waals surface area contributed by atoms with Crippen LogP contribution in [-0.2, 0) is 23.9 Å². The lowest BCUT2D eigenvalue weighted by molar-refractivity contribution is -0.145. The fraction of sp³-hybridized carbons (Fsp3) is 0.622. The van der Waals surface area contributed by atoms with E-state index in [-0.39, 0.29) is 46.6 Å². The summed E-state index contributed by atoms with van der Waals surface area (Å²) in [4.78, 5) is 73.9. The zero-order valence-corrected chi connectivity index (χ0v) is 27.8. The normalized spacial score (nSPS) is 25.9. The van der Waals surface area contributed by atoms with Gasteiger partial charge >= 0.3 is 0 Å². The topological polar surface area (TPSA) is 137 Å². The maximum atomic E-state index is 14.7. The van der Waals surface area contributed by atoms with Crippen molar-refractivity contribution in [1.82, 2.24) is 9.88 Å². The second-order valence-electron chi connectivity index (χ2n) is 16.0. The minimum Gasteiger partial charge on any atom is -0.380 e. The van der Waals surface area contributed by atoms with E-state index < -0.39 is 35.0 Å². The first-order valence-electron chi connectivity index (χ1n) is 16.8. The molecular weight excluding hydrogens is 582 g/mol. The molecule has 2 amide bonds. The standard InChI is InChI=1S/C37H47N3O6/c1-34(2,3)25(17-29(41)27-14-13-23-11-6-7-12-26(23)39-27)33(45)40-19-36(35(4,5)37(36)20-46-21-37)18-28(40)30(42)16-24(31(43)32(38)44)15-22-9-8-10-22/h6-7,11-14,22,24-25,28H,8-10,15-21H2,1-5H3,(H2,38,44)/t24?,25-,28+,36-/m1/s1. The molecule has 2 saturated heterocycles. The molecule has 4 atom stereocenters. The quantitative estimate of drug-likeness (QED) is 0.275. The zero-order chi connectivity index (χ0) is 33.2. The number of rotatable bonds is 11. The lowest BCUT2D eigenvalue weighted by Gasteiger charge is -2.35. The summed E-state index contributed by atoms with van der Waals surface area (Å²) in [5.74, 6) is -3.57. The Morgan fingerprint density at radius 3 is 2.26 bits per heavy atom. The molecule has 1 unspecified atom stereocenters. The second-order valence-corrected chi connectivity index (χ2v) is 16.0. The van der Waals surface area contributed by atoms with Crippen molar-refractivity contribution in [2.24, 2.45) is 45.1 Å². The number of hydrogen-bond donors (Lipinski definition) is 1. The van der Waals surface area contributed by atoms with Crippen LogP contribution in [0.5, 0.6) is 0 Å². The third-order valence-corrected chi connectivity index (χ3v) is 12.5. The number of likely N-dealkylation sites (tertiary alicyclic amines) is 1. The third kappa shape index (κ3) is 5.09. The van der Waals surface area contributed by atoms with E-state index in [2.05, 4.69) is 18.8 Å². The van der Waals surface area contributed by atoms with Crippen LogP contribution in [0.2, 0.25) is 0 Å². The number of nitrogens with two attached hydrogens (primary N) is 1. The Bertz CT molecular complexity index is 1600. The number of primary amides is 1. The zero-order valence-electron chi connectivity index (χ0n) is 27.8. The summed E-state index contributed by atoms with van der Waals surface area (Å²) in [6.07, 6.45) is 3.79. The van der Waals surface area contributed by atoms with Gasteiger partial charge in [0.1, 0.15) is 5.69 Å². The summed E-state index contributed by atoms with van der Waals surface area (Å²) in [6.45, 7) is 11.8. The first-order chi connectivity index (χ1) is 21.6. The van der Waals surface area contributed by atoms with Crippen LogP contribution in [0.15, 0.2) is 36.4 Å². The molecule has 4 aliphatic rings. The van der Waals surface area contributed by atoms with Gasteiger partial charge in [0, 0.05) is 41.5 Å². The van der Waals surface area contributed by atoms with Gasteiger partial charge in [0.05, 0.1) is 30.7 Å². The average Bonchev–Trinajstić information content (AvgIpc) is 3.18. The monoisotopic (exact) mass is 629 g/mol. The van der Waals surface area contributed by atoms with Gasteiger partial charge in [-0.2, -0.15) is 0 Å². The van der Waals surface area contributed by atoms with Gasteiger partial charge < -0.3 is 15.4 Å². The number of aromatic nitrogens is 1. The van der Waals surface area contributed by atoms with Gasteiger partial charge in [0.25, 0.3) is 5.91 Å². The summed E-state index contributed by atoms with van der Waals surface area (Å²) < 4.78 is 5.70. The SMILES string of the molecule is CC(C)(C)[C@H](CC(=O)c1ccc2ccccc2n1)C(=O)N1C[C@]2(C[C@H]1C(=O)CC(CC1CCC1)C(=O)C(N)=O)C(C)(C)C21COC1. The first-order valence-corrected chi connectivity index (χ1v) is 16.8. The van der Waals surface area contributed by atoms with E-state index in [0.29, 0.717) is 49.7 Å². The fourth-order valence-corrected chi connectivity index (χ4v) is 8.90. The molecule has 3 heterocycles. The summed E-state index contributed by atoms with van der Waals surface area (Å²) >= 11 is 0. The van der Waals surface area contributed by atoms with E-state index in [1.165, 1.54) is 0 Å². The van der Waals surface area contributed by atoms with Gasteiger partial charge in [-0.25, -0.2) is 4.98 Å². The molecule has 2 spiro atoms. The number of Topliss-reactive ketones (excluding diaryl/α,β-unsaturated/α-hetero) is 3. The Balaban J connectivity index is 1.29. The Morgan fingerprint density at radius 2 is 1.70 bits per heavy atom. The Kier molecular flexibility index (Phi) is 8.02. The number of nitrogens with zero attached hydrogens (tertiary/aromatic N) is 2. The number of pyridine rings is 1. The number of carbonyl (C=O) groups is 5. The van der Waals surface area contributed by atoms with Gasteiger partial charge in [0.2, 0.25) is 11.7 Å². The summed E-state index contributed by atoms with van der Waals surface area (Å²) in [5, 5.41) is 0.928. The summed E-state index contributed by atoms with van der Waals surface area (Å²) in [6, 6.07) is 10.4. The molecule has 46 heavy (non-hydrogen) atoms. The van der Waals surface area contributed by atoms with Crippen LogP contribution >= 0.6 is 0 Å². The molecule has 0 radical (unpaired) electrons. The molecule has 2 aliphatic heterocycles. The van der Waals surface area contributed by atoms with Crippen molar-refractivity contribution in [2.75, 3.05) is 19.8 Å². The molecule has 1 aromatic carbocycles. The summed E-state index contributed by atoms with van der Waals surface area (Å²) in [5.41, 5.74) is 5.28. The molecule has 4 fully saturated rings. The van der Waals surface area contributed by atoms with Crippen molar-refractivity contribution in [2.45, 2.75) is 85.6 Å². The van der Waals surface area contributed by atoms with Gasteiger partial charge in [-0.15, -0.1) is 0 Å². The Labute approximate surface area is 271 Å². The van der Waals surface area contributed by atoms with Crippen molar-refractivity contribution in [3.63, 3.8) is 0 Å². The van der Waals surface area contributed by atoms with Crippen LogP contribution in [0.3, 0.4) is 0 Å². The van der Waals surface area contributed by atoms with Gasteiger partial charge in [-0.05, 0) is 41.7 Å². The molecule has 1 aromatic heterocycles. The number of ether oxygens (including phenoxy) is 1. The lowest BCUT2D eigenvalue weighted by Crippen LogP contribution is -2.48. The van der Waals surface area contributed by atoms with Gasteiger partial charge in [-0.3, -0.25) is 24.0 Å². The third-order valence-electron chi connectivity index (χ3n) is 12.5. The minimum atomic E-state index is -1.02. The molecule has 9 nitrogen and oxygen atoms in total. The number of para-hydroxylation sites is 1. The van der Waals surface area contributed by atoms with Crippen LogP contribution in [0.25, 0.3) is 10.9 Å². The number of hydrogen-bond acceptors (Lipinski definition) is 7. The van der Waals surface area contributed by atoms with Crippen molar-refractivity contribution in [1.29, 1.82) is 0 Å². The molecule has 2 aromatic rings. The number of fused-ring (bicyclic) bond motifs is 2. The smallest absolute Gasteiger partial charge is 0.285 e. The largest absolute Gasteiger partial charge is 0.380 e. The molecule has 2 aliphatic carbocycles. The van der Waals surface area contributed by atoms with E-state index in [9.17, 15) is 24.0 Å². The maximum Gasteiger partial charge on any atom is 0.285 e. The van der Waals surface area contributed by atoms with E-state index in [1.807, 2.05) is 51.1 Å². The Hall–Kier alpha value is -3.46. The highest BCUT2D eigenvalue weighted by atomic mass is 16.5. The van der Waals surface area contributed by atoms with Crippen LogP contribution in [0.4, 0.5) is 0 Å². The molecule has 2 N–H and O–H groups in total. The predicted molar refractivity (Wildman–Crippen MR) is 172 cm³/mol. The van der Waals surface area contributed by atoms with Crippen LogP contribution in [0, 0.1) is 39.4 Å². The van der Waals surface area contributed by atoms with E-state index in [1.54, 1.807) is 11.0 Å². The van der Waals surface area contributed by atoms with Crippen LogP contribution < -0.4 is 5.73 Å². The molecule has 2 saturated carbocycles. The van der Waals surface area contributed by atoms with E-state index >= 15 is 0 Å². The molecule has 0 bridgehead atoms.